The molecule has 0 bridgehead atoms. The first-order chi connectivity index (χ1) is 18.5. The summed E-state index contributed by atoms with van der Waals surface area (Å²) in [5.74, 6) is -0.974. The van der Waals surface area contributed by atoms with Crippen LogP contribution in [0.15, 0.2) is 72.8 Å². The molecule has 0 aromatic heterocycles. The summed E-state index contributed by atoms with van der Waals surface area (Å²) in [7, 11) is 1.57. The Balaban J connectivity index is 1.55. The number of amides is 2. The summed E-state index contributed by atoms with van der Waals surface area (Å²) in [6.07, 6.45) is 0.330. The highest BCUT2D eigenvalue weighted by atomic mass is 35.5. The molecule has 39 heavy (non-hydrogen) atoms. The molecule has 0 saturated carbocycles. The lowest BCUT2D eigenvalue weighted by molar-refractivity contribution is -0.122. The normalized spacial score (nSPS) is 15.3. The van der Waals surface area contributed by atoms with Crippen LogP contribution in [0.3, 0.4) is 0 Å². The van der Waals surface area contributed by atoms with Crippen molar-refractivity contribution in [1.29, 1.82) is 0 Å². The van der Waals surface area contributed by atoms with Crippen LogP contribution in [-0.4, -0.2) is 47.1 Å². The molecule has 1 aliphatic heterocycles. The van der Waals surface area contributed by atoms with Gasteiger partial charge in [0.1, 0.15) is 23.4 Å². The van der Waals surface area contributed by atoms with Gasteiger partial charge in [-0.3, -0.25) is 9.59 Å². The summed E-state index contributed by atoms with van der Waals surface area (Å²) < 4.78 is 48.7. The Hall–Kier alpha value is -3.83. The first kappa shape index (κ1) is 28.2. The van der Waals surface area contributed by atoms with Gasteiger partial charge in [0.05, 0.1) is 19.2 Å². The lowest BCUT2D eigenvalue weighted by Gasteiger charge is -2.30. The van der Waals surface area contributed by atoms with Crippen molar-refractivity contribution in [2.75, 3.05) is 23.9 Å². The van der Waals surface area contributed by atoms with E-state index in [2.05, 4.69) is 10.1 Å². The molecule has 1 saturated heterocycles. The van der Waals surface area contributed by atoms with Crippen LogP contribution in [0.4, 0.5) is 24.5 Å². The van der Waals surface area contributed by atoms with Crippen LogP contribution in [0.5, 0.6) is 11.5 Å². The molecule has 4 rings (SSSR count). The molecule has 0 spiro atoms. The highest BCUT2D eigenvalue weighted by molar-refractivity contribution is 7.80. The lowest BCUT2D eigenvalue weighted by Crippen LogP contribution is -2.48. The van der Waals surface area contributed by atoms with Gasteiger partial charge in [0.2, 0.25) is 5.91 Å². The van der Waals surface area contributed by atoms with E-state index in [0.29, 0.717) is 17.9 Å². The second kappa shape index (κ2) is 11.9. The number of carbonyl (C=O) groups excluding carboxylic acids is 2. The Labute approximate surface area is 233 Å². The van der Waals surface area contributed by atoms with Gasteiger partial charge in [-0.25, -0.2) is 9.29 Å². The number of imide groups is 1. The van der Waals surface area contributed by atoms with Gasteiger partial charge in [-0.2, -0.15) is 0 Å². The molecule has 3 aromatic rings. The molecule has 0 radical (unpaired) electrons. The van der Waals surface area contributed by atoms with Crippen molar-refractivity contribution in [1.82, 2.24) is 4.90 Å². The van der Waals surface area contributed by atoms with E-state index in [1.54, 1.807) is 12.0 Å². The highest BCUT2D eigenvalue weighted by Gasteiger charge is 2.43. The summed E-state index contributed by atoms with van der Waals surface area (Å²) in [4.78, 5) is 29.1. The molecule has 204 valence electrons. The molecule has 1 heterocycles. The Morgan fingerprint density at radius 2 is 1.67 bits per heavy atom. The number of anilines is 2. The van der Waals surface area contributed by atoms with Gasteiger partial charge < -0.3 is 19.7 Å². The predicted octanol–water partition coefficient (Wildman–Crippen LogP) is 5.58. The Kier molecular flexibility index (Phi) is 8.61. The van der Waals surface area contributed by atoms with Crippen LogP contribution < -0.4 is 19.7 Å². The summed E-state index contributed by atoms with van der Waals surface area (Å²) in [6, 6.07) is 17.0. The van der Waals surface area contributed by atoms with Crippen molar-refractivity contribution in [2.45, 2.75) is 24.5 Å². The maximum absolute atomic E-state index is 13.5. The quantitative estimate of drug-likeness (QED) is 0.202. The van der Waals surface area contributed by atoms with E-state index in [1.807, 2.05) is 24.3 Å². The van der Waals surface area contributed by atoms with Crippen molar-refractivity contribution in [3.8, 4) is 11.5 Å². The van der Waals surface area contributed by atoms with Gasteiger partial charge in [-0.15, -0.1) is 8.78 Å². The topological polar surface area (TPSA) is 71.1 Å². The Morgan fingerprint density at radius 3 is 2.26 bits per heavy atom. The number of halogens is 4. The van der Waals surface area contributed by atoms with E-state index in [9.17, 15) is 22.8 Å². The van der Waals surface area contributed by atoms with Crippen molar-refractivity contribution in [3.05, 3.63) is 84.2 Å². The van der Waals surface area contributed by atoms with Gasteiger partial charge in [-0.05, 0) is 84.9 Å². The van der Waals surface area contributed by atoms with E-state index in [1.165, 1.54) is 48.5 Å². The number of ether oxygens (including phenoxy) is 2. The number of nitrogens with zero attached hydrogens (tertiary/aromatic N) is 2. The first-order valence-electron chi connectivity index (χ1n) is 11.7. The molecule has 1 N–H and O–H groups in total. The summed E-state index contributed by atoms with van der Waals surface area (Å²) in [6.45, 7) is 0.286. The molecule has 0 aliphatic carbocycles. The molecule has 7 nitrogen and oxygen atoms in total. The zero-order valence-corrected chi connectivity index (χ0v) is 22.1. The summed E-state index contributed by atoms with van der Waals surface area (Å²) >= 11 is 10.4. The summed E-state index contributed by atoms with van der Waals surface area (Å²) in [5, 5.41) is 3.19. The standard InChI is InChI=1S/C27H23ClF3N3O4S/c1-37-21-10-2-17(3-11-21)14-15-33(26(39)32-19-6-4-18(29)5-7-19)23-16-24(35)34(25(23)36)20-8-12-22(13-9-20)38-27(28,30)31/h2-13,23H,14-16H2,1H3,(H,32,39). The smallest absolute Gasteiger partial charge is 0.487 e. The number of hydrogen-bond donors (Lipinski definition) is 1. The molecule has 1 aliphatic rings. The number of carbonyl (C=O) groups is 2. The third kappa shape index (κ3) is 7.18. The number of methoxy groups -OCH3 is 1. The number of benzene rings is 3. The highest BCUT2D eigenvalue weighted by Crippen LogP contribution is 2.30. The minimum absolute atomic E-state index is 0.162. The number of hydrogen-bond acceptors (Lipinski definition) is 5. The molecular weight excluding hydrogens is 555 g/mol. The minimum atomic E-state index is -3.90. The lowest BCUT2D eigenvalue weighted by atomic mass is 10.1. The maximum Gasteiger partial charge on any atom is 0.487 e. The fourth-order valence-electron chi connectivity index (χ4n) is 4.10. The second-order valence-corrected chi connectivity index (χ2v) is 9.38. The van der Waals surface area contributed by atoms with Gasteiger partial charge in [0.15, 0.2) is 5.11 Å². The molecule has 3 aromatic carbocycles. The maximum atomic E-state index is 13.5. The first-order valence-corrected chi connectivity index (χ1v) is 12.5. The van der Waals surface area contributed by atoms with Crippen LogP contribution in [0, 0.1) is 5.82 Å². The summed E-state index contributed by atoms with van der Waals surface area (Å²) in [5.41, 5.74) is -2.25. The number of nitrogens with one attached hydrogen (secondary N) is 1. The SMILES string of the molecule is COc1ccc(CCN(C(=S)Nc2ccc(F)cc2)C2CC(=O)N(c3ccc(OC(F)(F)Cl)cc3)C2=O)cc1. The van der Waals surface area contributed by atoms with Crippen molar-refractivity contribution >= 4 is 52.1 Å². The number of alkyl halides is 3. The van der Waals surface area contributed by atoms with Gasteiger partial charge in [0, 0.05) is 23.8 Å². The monoisotopic (exact) mass is 577 g/mol. The zero-order valence-electron chi connectivity index (χ0n) is 20.6. The largest absolute Gasteiger partial charge is 0.497 e. The van der Waals surface area contributed by atoms with Crippen LogP contribution >= 0.6 is 23.8 Å². The Morgan fingerprint density at radius 1 is 1.05 bits per heavy atom. The van der Waals surface area contributed by atoms with Crippen LogP contribution in [0.2, 0.25) is 0 Å². The third-order valence-electron chi connectivity index (χ3n) is 5.98. The van der Waals surface area contributed by atoms with Crippen molar-refractivity contribution in [2.24, 2.45) is 0 Å². The van der Waals surface area contributed by atoms with E-state index in [4.69, 9.17) is 28.6 Å². The molecule has 1 unspecified atom stereocenters. The van der Waals surface area contributed by atoms with Crippen molar-refractivity contribution < 1.29 is 32.2 Å². The predicted molar refractivity (Wildman–Crippen MR) is 145 cm³/mol. The minimum Gasteiger partial charge on any atom is -0.497 e. The van der Waals surface area contributed by atoms with E-state index in [-0.39, 0.29) is 29.5 Å². The van der Waals surface area contributed by atoms with E-state index in [0.717, 1.165) is 10.5 Å². The van der Waals surface area contributed by atoms with E-state index >= 15 is 0 Å². The zero-order chi connectivity index (χ0) is 28.2. The third-order valence-corrected chi connectivity index (χ3v) is 6.40. The fourth-order valence-corrected chi connectivity index (χ4v) is 4.52. The molecule has 12 heteroatoms. The molecule has 1 fully saturated rings. The van der Waals surface area contributed by atoms with Gasteiger partial charge >= 0.3 is 5.57 Å². The van der Waals surface area contributed by atoms with Crippen molar-refractivity contribution in [3.63, 3.8) is 0 Å². The van der Waals surface area contributed by atoms with Gasteiger partial charge in [-0.1, -0.05) is 12.1 Å². The fraction of sp³-hybridized carbons (Fsp3) is 0.222. The average molecular weight is 578 g/mol. The average Bonchev–Trinajstić information content (AvgIpc) is 3.19. The van der Waals surface area contributed by atoms with Gasteiger partial charge in [0.25, 0.3) is 5.91 Å². The molecular formula is C27H23ClF3N3O4S. The Bertz CT molecular complexity index is 1340. The second-order valence-electron chi connectivity index (χ2n) is 8.56. The van der Waals surface area contributed by atoms with Crippen LogP contribution in [0.1, 0.15) is 12.0 Å². The molecule has 2 amide bonds. The number of thiocarbonyl (C=S) groups is 1. The number of rotatable bonds is 9. The van der Waals surface area contributed by atoms with E-state index < -0.39 is 29.2 Å². The molecule has 1 atom stereocenters. The van der Waals surface area contributed by atoms with Crippen LogP contribution in [-0.2, 0) is 16.0 Å². The van der Waals surface area contributed by atoms with Crippen LogP contribution in [0.25, 0.3) is 0 Å².